The number of rotatable bonds is 5. The molecule has 0 aromatic carbocycles. The summed E-state index contributed by atoms with van der Waals surface area (Å²) in [4.78, 5) is 4.52. The molecule has 1 N–H and O–H groups in total. The summed E-state index contributed by atoms with van der Waals surface area (Å²) in [6, 6.07) is 1.92. The smallest absolute Gasteiger partial charge is 0.107 e. The van der Waals surface area contributed by atoms with Crippen molar-refractivity contribution in [2.75, 3.05) is 6.54 Å². The molecule has 0 atom stereocenters. The van der Waals surface area contributed by atoms with E-state index in [1.807, 2.05) is 16.9 Å². The maximum Gasteiger partial charge on any atom is 0.107 e. The van der Waals surface area contributed by atoms with Crippen LogP contribution in [0.5, 0.6) is 0 Å². The van der Waals surface area contributed by atoms with Gasteiger partial charge in [-0.1, -0.05) is 6.92 Å². The van der Waals surface area contributed by atoms with Crippen LogP contribution < -0.4 is 5.32 Å². The predicted molar refractivity (Wildman–Crippen MR) is 60.8 cm³/mol. The molecule has 0 unspecified atom stereocenters. The van der Waals surface area contributed by atoms with Crippen LogP contribution in [0, 0.1) is 0 Å². The van der Waals surface area contributed by atoms with Gasteiger partial charge in [-0.3, -0.25) is 4.68 Å². The molecule has 2 aromatic rings. The van der Waals surface area contributed by atoms with Crippen LogP contribution in [0.3, 0.4) is 0 Å². The zero-order chi connectivity index (χ0) is 10.5. The minimum atomic E-state index is 0.760. The van der Waals surface area contributed by atoms with E-state index >= 15 is 0 Å². The molecule has 0 spiro atoms. The normalized spacial score (nSPS) is 10.7. The summed E-state index contributed by atoms with van der Waals surface area (Å²) in [7, 11) is 0. The SMILES string of the molecule is CCNCc1nc(Cn2cccn2)cs1. The van der Waals surface area contributed by atoms with E-state index in [4.69, 9.17) is 0 Å². The Kier molecular flexibility index (Phi) is 3.47. The number of hydrogen-bond donors (Lipinski definition) is 1. The van der Waals surface area contributed by atoms with Crippen molar-refractivity contribution < 1.29 is 0 Å². The van der Waals surface area contributed by atoms with E-state index < -0.39 is 0 Å². The van der Waals surface area contributed by atoms with Gasteiger partial charge in [-0.2, -0.15) is 5.10 Å². The summed E-state index contributed by atoms with van der Waals surface area (Å²) in [5.74, 6) is 0. The molecule has 4 nitrogen and oxygen atoms in total. The summed E-state index contributed by atoms with van der Waals surface area (Å²) in [6.45, 7) is 4.70. The van der Waals surface area contributed by atoms with E-state index in [2.05, 4.69) is 27.7 Å². The molecule has 5 heteroatoms. The topological polar surface area (TPSA) is 42.7 Å². The Morgan fingerprint density at radius 2 is 2.47 bits per heavy atom. The van der Waals surface area contributed by atoms with Crippen molar-refractivity contribution in [3.05, 3.63) is 34.5 Å². The average Bonchev–Trinajstić information content (AvgIpc) is 2.87. The van der Waals surface area contributed by atoms with Crippen LogP contribution >= 0.6 is 11.3 Å². The first-order chi connectivity index (χ1) is 7.38. The van der Waals surface area contributed by atoms with Crippen LogP contribution in [0.1, 0.15) is 17.6 Å². The van der Waals surface area contributed by atoms with Crippen molar-refractivity contribution in [1.29, 1.82) is 0 Å². The highest BCUT2D eigenvalue weighted by Crippen LogP contribution is 2.10. The Morgan fingerprint density at radius 3 is 3.20 bits per heavy atom. The molecule has 0 aliphatic heterocycles. The van der Waals surface area contributed by atoms with Crippen LogP contribution in [0.15, 0.2) is 23.8 Å². The number of nitrogens with zero attached hydrogens (tertiary/aromatic N) is 3. The Labute approximate surface area is 93.0 Å². The second-order valence-electron chi connectivity index (χ2n) is 3.22. The van der Waals surface area contributed by atoms with Gasteiger partial charge in [-0.05, 0) is 12.6 Å². The highest BCUT2D eigenvalue weighted by molar-refractivity contribution is 7.09. The molecular weight excluding hydrogens is 208 g/mol. The molecule has 2 rings (SSSR count). The fourth-order valence-corrected chi connectivity index (χ4v) is 2.05. The largest absolute Gasteiger partial charge is 0.311 e. The monoisotopic (exact) mass is 222 g/mol. The van der Waals surface area contributed by atoms with Gasteiger partial charge < -0.3 is 5.32 Å². The molecule has 0 fully saturated rings. The van der Waals surface area contributed by atoms with Gasteiger partial charge >= 0.3 is 0 Å². The minimum absolute atomic E-state index is 0.760. The number of aromatic nitrogens is 3. The van der Waals surface area contributed by atoms with Gasteiger partial charge in [0.15, 0.2) is 0 Å². The Bertz CT molecular complexity index is 393. The standard InChI is InChI=1S/C10H14N4S/c1-2-11-6-10-13-9(8-15-10)7-14-5-3-4-12-14/h3-5,8,11H,2,6-7H2,1H3. The van der Waals surface area contributed by atoms with Crippen molar-refractivity contribution in [1.82, 2.24) is 20.1 Å². The molecule has 15 heavy (non-hydrogen) atoms. The second-order valence-corrected chi connectivity index (χ2v) is 4.16. The van der Waals surface area contributed by atoms with Gasteiger partial charge in [0.05, 0.1) is 12.2 Å². The lowest BCUT2D eigenvalue weighted by atomic mass is 10.5. The highest BCUT2D eigenvalue weighted by atomic mass is 32.1. The molecule has 0 aliphatic carbocycles. The van der Waals surface area contributed by atoms with Crippen LogP contribution in [0.2, 0.25) is 0 Å². The third-order valence-corrected chi connectivity index (χ3v) is 2.91. The van der Waals surface area contributed by atoms with Gasteiger partial charge in [0.2, 0.25) is 0 Å². The molecule has 0 aliphatic rings. The maximum absolute atomic E-state index is 4.52. The fraction of sp³-hybridized carbons (Fsp3) is 0.400. The molecule has 2 heterocycles. The molecule has 0 bridgehead atoms. The van der Waals surface area contributed by atoms with Crippen molar-refractivity contribution in [2.45, 2.75) is 20.0 Å². The zero-order valence-corrected chi connectivity index (χ0v) is 9.50. The number of nitrogens with one attached hydrogen (secondary N) is 1. The lowest BCUT2D eigenvalue weighted by Crippen LogP contribution is -2.11. The van der Waals surface area contributed by atoms with E-state index in [0.29, 0.717) is 0 Å². The first-order valence-corrected chi connectivity index (χ1v) is 5.88. The van der Waals surface area contributed by atoms with Crippen LogP contribution in [0.25, 0.3) is 0 Å². The average molecular weight is 222 g/mol. The summed E-state index contributed by atoms with van der Waals surface area (Å²) in [5, 5.41) is 10.6. The third-order valence-electron chi connectivity index (χ3n) is 2.01. The summed E-state index contributed by atoms with van der Waals surface area (Å²) in [6.07, 6.45) is 3.73. The quantitative estimate of drug-likeness (QED) is 0.833. The lowest BCUT2D eigenvalue weighted by Gasteiger charge is -1.97. The highest BCUT2D eigenvalue weighted by Gasteiger charge is 2.01. The molecule has 0 radical (unpaired) electrons. The molecule has 80 valence electrons. The van der Waals surface area contributed by atoms with E-state index in [-0.39, 0.29) is 0 Å². The molecule has 0 amide bonds. The Hall–Kier alpha value is -1.20. The zero-order valence-electron chi connectivity index (χ0n) is 8.68. The van der Waals surface area contributed by atoms with Gasteiger partial charge in [0, 0.05) is 24.3 Å². The second kappa shape index (κ2) is 5.04. The third kappa shape index (κ3) is 2.87. The van der Waals surface area contributed by atoms with Gasteiger partial charge in [0.25, 0.3) is 0 Å². The summed E-state index contributed by atoms with van der Waals surface area (Å²) in [5.41, 5.74) is 1.08. The lowest BCUT2D eigenvalue weighted by molar-refractivity contribution is 0.667. The Balaban J connectivity index is 1.95. The van der Waals surface area contributed by atoms with Crippen LogP contribution in [-0.4, -0.2) is 21.3 Å². The molecule has 0 saturated heterocycles. The van der Waals surface area contributed by atoms with Crippen molar-refractivity contribution in [3.63, 3.8) is 0 Å². The molecular formula is C10H14N4S. The van der Waals surface area contributed by atoms with Crippen molar-refractivity contribution in [3.8, 4) is 0 Å². The van der Waals surface area contributed by atoms with Crippen LogP contribution in [-0.2, 0) is 13.1 Å². The number of hydrogen-bond acceptors (Lipinski definition) is 4. The summed E-state index contributed by atoms with van der Waals surface area (Å²) < 4.78 is 1.88. The van der Waals surface area contributed by atoms with E-state index in [0.717, 1.165) is 30.3 Å². The Morgan fingerprint density at radius 1 is 1.53 bits per heavy atom. The molecule has 0 saturated carbocycles. The van der Waals surface area contributed by atoms with Gasteiger partial charge in [-0.15, -0.1) is 11.3 Å². The number of thiazole rings is 1. The molecule has 2 aromatic heterocycles. The minimum Gasteiger partial charge on any atom is -0.311 e. The van der Waals surface area contributed by atoms with Crippen molar-refractivity contribution in [2.24, 2.45) is 0 Å². The van der Waals surface area contributed by atoms with Gasteiger partial charge in [-0.25, -0.2) is 4.98 Å². The van der Waals surface area contributed by atoms with Crippen molar-refractivity contribution >= 4 is 11.3 Å². The first-order valence-electron chi connectivity index (χ1n) is 5.00. The predicted octanol–water partition coefficient (Wildman–Crippen LogP) is 1.50. The fourth-order valence-electron chi connectivity index (χ4n) is 1.29. The van der Waals surface area contributed by atoms with E-state index in [1.54, 1.807) is 17.5 Å². The van der Waals surface area contributed by atoms with Gasteiger partial charge in [0.1, 0.15) is 5.01 Å². The van der Waals surface area contributed by atoms with Crippen LogP contribution in [0.4, 0.5) is 0 Å². The first kappa shape index (κ1) is 10.3. The van der Waals surface area contributed by atoms with E-state index in [9.17, 15) is 0 Å². The maximum atomic E-state index is 4.52. The summed E-state index contributed by atoms with van der Waals surface area (Å²) >= 11 is 1.70. The van der Waals surface area contributed by atoms with E-state index in [1.165, 1.54) is 0 Å².